The number of aliphatic hydroxyl groups is 1. The van der Waals surface area contributed by atoms with Crippen molar-refractivity contribution in [3.63, 3.8) is 0 Å². The number of hydrogen-bond donors (Lipinski definition) is 8. The van der Waals surface area contributed by atoms with Crippen molar-refractivity contribution in [2.45, 2.75) is 199 Å². The maximum absolute atomic E-state index is 14.6. The van der Waals surface area contributed by atoms with Crippen LogP contribution in [0.1, 0.15) is 150 Å². The first-order chi connectivity index (χ1) is 39.1. The third kappa shape index (κ3) is 15.9. The number of nitrogens with two attached hydrogens (primary N) is 2. The van der Waals surface area contributed by atoms with Crippen LogP contribution in [0.2, 0.25) is 0 Å². The highest BCUT2D eigenvalue weighted by Gasteiger charge is 2.76. The molecule has 1 aliphatic heterocycles. The van der Waals surface area contributed by atoms with E-state index in [-0.39, 0.29) is 74.9 Å². The molecular weight excluding hydrogens is 1050 g/mol. The summed E-state index contributed by atoms with van der Waals surface area (Å²) in [5.74, 6) is -0.611. The van der Waals surface area contributed by atoms with Crippen molar-refractivity contribution in [2.24, 2.45) is 46.0 Å². The number of Topliss-reactive ketones (excluding diaryl/α,β-unsaturated/α-hetero) is 1. The molecule has 452 valence electrons. The van der Waals surface area contributed by atoms with Gasteiger partial charge in [-0.15, -0.1) is 6.42 Å². The van der Waals surface area contributed by atoms with Gasteiger partial charge in [0.15, 0.2) is 24.3 Å². The SMILES string of the molecule is C#CC(CCCCCC)OCC(=O)NCCCC[C@@H](N)C(=O)N[C@H](C(=O)N[C@@H](CCCNC(N)=O)C(=O)Nc1ccc(COC(=O)OCC(=O)[C@@]23OC(CCC)O[C@@H]2C[C@H]2[C@@H]4CCC5=CC(=O)C=C[C@]5(C)[C@H]4[C@@H](O)C[C@@]23C)cc1)C(C)C. The summed E-state index contributed by atoms with van der Waals surface area (Å²) in [4.78, 5) is 105. The number of nitrogens with one attached hydrogen (secondary N) is 5. The quantitative estimate of drug-likeness (QED) is 0.0251. The molecule has 5 aliphatic rings. The lowest BCUT2D eigenvalue weighted by molar-refractivity contribution is -0.200. The van der Waals surface area contributed by atoms with Gasteiger partial charge in [0.25, 0.3) is 0 Å². The average molecular weight is 1140 g/mol. The normalized spacial score (nSPS) is 27.4. The number of amides is 6. The third-order valence-corrected chi connectivity index (χ3v) is 17.5. The first-order valence-electron chi connectivity index (χ1n) is 29.5. The fraction of sp³-hybridized carbons (Fsp3) is 0.672. The summed E-state index contributed by atoms with van der Waals surface area (Å²) in [5.41, 5.74) is 10.5. The highest BCUT2D eigenvalue weighted by molar-refractivity contribution is 6.01. The smallest absolute Gasteiger partial charge is 0.429 e. The molecule has 4 aliphatic carbocycles. The van der Waals surface area contributed by atoms with E-state index in [1.165, 1.54) is 0 Å². The van der Waals surface area contributed by atoms with E-state index in [0.29, 0.717) is 56.3 Å². The number of aliphatic hydroxyl groups excluding tert-OH is 1. The van der Waals surface area contributed by atoms with E-state index in [1.54, 1.807) is 50.3 Å². The zero-order valence-corrected chi connectivity index (χ0v) is 48.7. The zero-order valence-electron chi connectivity index (χ0n) is 48.7. The Morgan fingerprint density at radius 3 is 2.30 bits per heavy atom. The van der Waals surface area contributed by atoms with Crippen LogP contribution < -0.4 is 38.1 Å². The minimum absolute atomic E-state index is 0.0170. The van der Waals surface area contributed by atoms with Crippen LogP contribution in [0.5, 0.6) is 0 Å². The lowest BCUT2D eigenvalue weighted by Gasteiger charge is -2.59. The van der Waals surface area contributed by atoms with E-state index in [2.05, 4.69) is 46.4 Å². The lowest BCUT2D eigenvalue weighted by Crippen LogP contribution is -2.63. The summed E-state index contributed by atoms with van der Waals surface area (Å²) in [6.07, 6.45) is 17.3. The predicted octanol–water partition coefficient (Wildman–Crippen LogP) is 5.69. The van der Waals surface area contributed by atoms with Crippen LogP contribution in [-0.2, 0) is 59.1 Å². The van der Waals surface area contributed by atoms with Gasteiger partial charge in [-0.1, -0.05) is 96.9 Å². The molecule has 1 saturated heterocycles. The van der Waals surface area contributed by atoms with Crippen LogP contribution in [0, 0.1) is 46.8 Å². The number of urea groups is 1. The maximum atomic E-state index is 14.6. The van der Waals surface area contributed by atoms with Gasteiger partial charge < -0.3 is 66.8 Å². The summed E-state index contributed by atoms with van der Waals surface area (Å²) >= 11 is 0. The molecule has 0 aromatic heterocycles. The molecule has 13 atom stereocenters. The van der Waals surface area contributed by atoms with Gasteiger partial charge in [-0.25, -0.2) is 9.59 Å². The number of allylic oxidation sites excluding steroid dienone is 4. The molecule has 21 nitrogen and oxygen atoms in total. The number of primary amides is 1. The van der Waals surface area contributed by atoms with Crippen LogP contribution in [0.3, 0.4) is 0 Å². The highest BCUT2D eigenvalue weighted by Crippen LogP contribution is 2.69. The number of ketones is 2. The number of terminal acetylenes is 1. The molecule has 0 spiro atoms. The van der Waals surface area contributed by atoms with E-state index < -0.39 is 107 Å². The predicted molar refractivity (Wildman–Crippen MR) is 305 cm³/mol. The second kappa shape index (κ2) is 29.9. The molecule has 1 aromatic carbocycles. The molecule has 6 amide bonds. The number of fused-ring (bicyclic) bond motifs is 7. The summed E-state index contributed by atoms with van der Waals surface area (Å²) in [5, 5.41) is 25.6. The van der Waals surface area contributed by atoms with Crippen molar-refractivity contribution >= 4 is 53.1 Å². The average Bonchev–Trinajstić information content (AvgIpc) is 1.53. The molecule has 21 heteroatoms. The molecule has 6 rings (SSSR count). The molecule has 1 aromatic rings. The molecule has 82 heavy (non-hydrogen) atoms. The van der Waals surface area contributed by atoms with Crippen molar-refractivity contribution in [1.29, 1.82) is 0 Å². The first kappa shape index (κ1) is 65.0. The Hall–Kier alpha value is -6.18. The molecule has 0 bridgehead atoms. The Morgan fingerprint density at radius 1 is 0.878 bits per heavy atom. The maximum Gasteiger partial charge on any atom is 0.509 e. The number of benzene rings is 1. The number of rotatable bonds is 31. The first-order valence-corrected chi connectivity index (χ1v) is 29.5. The second-order valence-electron chi connectivity index (χ2n) is 23.6. The standard InChI is InChI=1S/C61H89N7O14/c1-8-11-12-13-18-42(10-3)78-36-50(72)64-29-15-14-19-45(62)54(73)68-53(37(4)5)56(75)67-46(20-16-30-65-57(63)76)55(74)66-40-24-21-38(22-25-40)34-79-58(77)80-35-48(71)61-49(81-51(82-61)17-9-2)32-44-43-26-23-39-31-41(69)27-28-59(39,6)52(43)47(70)33-60(44,61)7/h3,21-22,24-25,27-28,31,37,42-47,49,51-53,70H,8-9,11-20,23,26,29-30,32-36,62H2,1-2,4-7H3,(H,64,72)(H,66,74)(H,67,75)(H,68,73)(H3,63,65,76)/t42?,43-,44-,45+,46-,47-,49+,51?,52+,53-,59-,60-,61+/m0/s1. The number of carbonyl (C=O) groups is 8. The largest absolute Gasteiger partial charge is 0.509 e. The Morgan fingerprint density at radius 2 is 1.61 bits per heavy atom. The van der Waals surface area contributed by atoms with Crippen molar-refractivity contribution in [1.82, 2.24) is 21.3 Å². The van der Waals surface area contributed by atoms with Gasteiger partial charge >= 0.3 is 12.2 Å². The van der Waals surface area contributed by atoms with Gasteiger partial charge in [-0.05, 0) is 125 Å². The van der Waals surface area contributed by atoms with E-state index in [9.17, 15) is 43.5 Å². The minimum atomic E-state index is -1.48. The number of carbonyl (C=O) groups excluding carboxylic acids is 8. The summed E-state index contributed by atoms with van der Waals surface area (Å²) in [7, 11) is 0. The lowest BCUT2D eigenvalue weighted by atomic mass is 9.46. The highest BCUT2D eigenvalue weighted by atomic mass is 16.8. The fourth-order valence-corrected chi connectivity index (χ4v) is 13.2. The molecule has 2 unspecified atom stereocenters. The van der Waals surface area contributed by atoms with E-state index in [0.717, 1.165) is 44.1 Å². The molecule has 10 N–H and O–H groups in total. The monoisotopic (exact) mass is 1140 g/mol. The van der Waals surface area contributed by atoms with Gasteiger partial charge in [0, 0.05) is 35.5 Å². The van der Waals surface area contributed by atoms with Crippen LogP contribution in [-0.4, -0.2) is 127 Å². The number of hydrogen-bond acceptors (Lipinski definition) is 15. The van der Waals surface area contributed by atoms with E-state index in [1.807, 2.05) is 19.9 Å². The van der Waals surface area contributed by atoms with Crippen LogP contribution in [0.15, 0.2) is 48.1 Å². The van der Waals surface area contributed by atoms with Gasteiger partial charge in [-0.3, -0.25) is 28.8 Å². The van der Waals surface area contributed by atoms with Gasteiger partial charge in [0.05, 0.1) is 18.2 Å². The number of unbranched alkanes of at least 4 members (excludes halogenated alkanes) is 4. The summed E-state index contributed by atoms with van der Waals surface area (Å²) < 4.78 is 29.7. The van der Waals surface area contributed by atoms with Crippen molar-refractivity contribution in [3.8, 4) is 12.3 Å². The van der Waals surface area contributed by atoms with E-state index >= 15 is 0 Å². The van der Waals surface area contributed by atoms with Gasteiger partial charge in [0.1, 0.15) is 31.4 Å². The summed E-state index contributed by atoms with van der Waals surface area (Å²) in [6, 6.07) is 2.48. The van der Waals surface area contributed by atoms with E-state index in [4.69, 9.17) is 41.6 Å². The Kier molecular flexibility index (Phi) is 23.7. The Bertz CT molecular complexity index is 2530. The van der Waals surface area contributed by atoms with Crippen LogP contribution >= 0.6 is 0 Å². The van der Waals surface area contributed by atoms with Crippen LogP contribution in [0.4, 0.5) is 15.3 Å². The van der Waals surface area contributed by atoms with Crippen molar-refractivity contribution < 1.29 is 67.1 Å². The summed E-state index contributed by atoms with van der Waals surface area (Å²) in [6.45, 7) is 11.1. The van der Waals surface area contributed by atoms with Gasteiger partial charge in [0.2, 0.25) is 29.4 Å². The van der Waals surface area contributed by atoms with Crippen molar-refractivity contribution in [2.75, 3.05) is 31.6 Å². The molecular formula is C61H89N7O14. The number of ether oxygens (including phenoxy) is 5. The fourth-order valence-electron chi connectivity index (χ4n) is 13.2. The second-order valence-corrected chi connectivity index (χ2v) is 23.6. The molecule has 3 saturated carbocycles. The van der Waals surface area contributed by atoms with Crippen LogP contribution in [0.25, 0.3) is 0 Å². The Balaban J connectivity index is 0.981. The molecule has 1 heterocycles. The third-order valence-electron chi connectivity index (χ3n) is 17.5. The molecule has 0 radical (unpaired) electrons. The Labute approximate surface area is 482 Å². The molecule has 4 fully saturated rings. The van der Waals surface area contributed by atoms with Crippen molar-refractivity contribution in [3.05, 3.63) is 53.6 Å². The number of anilines is 1. The van der Waals surface area contributed by atoms with Gasteiger partial charge in [-0.2, -0.15) is 0 Å². The zero-order chi connectivity index (χ0) is 59.8. The topological polar surface area (TPSA) is 315 Å². The minimum Gasteiger partial charge on any atom is -0.429 e.